The van der Waals surface area contributed by atoms with E-state index in [9.17, 15) is 13.2 Å². The standard InChI is InChI=1S/C14H15F3N4/c1-6-7(2)13(21-20-8(6)3)9-4-5-10(14(15,16)17)12(19)11(9)18/h4-5H,18-19H2,1-3H3. The molecule has 1 heterocycles. The molecule has 2 rings (SSSR count). The number of hydrogen-bond acceptors (Lipinski definition) is 4. The predicted octanol–water partition coefficient (Wildman–Crippen LogP) is 3.25. The number of anilines is 2. The molecule has 0 unspecified atom stereocenters. The van der Waals surface area contributed by atoms with E-state index in [1.165, 1.54) is 6.07 Å². The predicted molar refractivity (Wildman–Crippen MR) is 75.5 cm³/mol. The van der Waals surface area contributed by atoms with Crippen LogP contribution >= 0.6 is 0 Å². The number of nitrogen functional groups attached to an aromatic ring is 2. The van der Waals surface area contributed by atoms with Crippen molar-refractivity contribution in [2.75, 3.05) is 11.5 Å². The van der Waals surface area contributed by atoms with Gasteiger partial charge in [0.25, 0.3) is 0 Å². The minimum Gasteiger partial charge on any atom is -0.397 e. The summed E-state index contributed by atoms with van der Waals surface area (Å²) in [5.41, 5.74) is 13.0. The molecule has 0 saturated carbocycles. The van der Waals surface area contributed by atoms with Gasteiger partial charge in [-0.1, -0.05) is 0 Å². The van der Waals surface area contributed by atoms with Gasteiger partial charge in [0.2, 0.25) is 0 Å². The van der Waals surface area contributed by atoms with Crippen molar-refractivity contribution in [3.63, 3.8) is 0 Å². The second-order valence-corrected chi connectivity index (χ2v) is 4.87. The molecule has 21 heavy (non-hydrogen) atoms. The molecule has 7 heteroatoms. The number of nitrogens with two attached hydrogens (primary N) is 2. The summed E-state index contributed by atoms with van der Waals surface area (Å²) in [5.74, 6) is 0. The van der Waals surface area contributed by atoms with E-state index in [1.807, 2.05) is 20.8 Å². The fourth-order valence-corrected chi connectivity index (χ4v) is 2.07. The Morgan fingerprint density at radius 1 is 0.905 bits per heavy atom. The monoisotopic (exact) mass is 296 g/mol. The Labute approximate surface area is 120 Å². The number of alkyl halides is 3. The average Bonchev–Trinajstić information content (AvgIpc) is 2.39. The van der Waals surface area contributed by atoms with Crippen molar-refractivity contribution in [1.82, 2.24) is 10.2 Å². The van der Waals surface area contributed by atoms with Gasteiger partial charge in [-0.15, -0.1) is 5.10 Å². The Morgan fingerprint density at radius 3 is 2.10 bits per heavy atom. The summed E-state index contributed by atoms with van der Waals surface area (Å²) in [7, 11) is 0. The fraction of sp³-hybridized carbons (Fsp3) is 0.286. The van der Waals surface area contributed by atoms with Crippen LogP contribution in [-0.4, -0.2) is 10.2 Å². The minimum atomic E-state index is -4.54. The summed E-state index contributed by atoms with van der Waals surface area (Å²) in [4.78, 5) is 0. The lowest BCUT2D eigenvalue weighted by Crippen LogP contribution is -2.12. The average molecular weight is 296 g/mol. The smallest absolute Gasteiger partial charge is 0.397 e. The van der Waals surface area contributed by atoms with Crippen molar-refractivity contribution < 1.29 is 13.2 Å². The van der Waals surface area contributed by atoms with Gasteiger partial charge in [0, 0.05) is 5.56 Å². The molecule has 0 fully saturated rings. The zero-order chi connectivity index (χ0) is 15.9. The van der Waals surface area contributed by atoms with E-state index >= 15 is 0 Å². The number of hydrogen-bond donors (Lipinski definition) is 2. The summed E-state index contributed by atoms with van der Waals surface area (Å²) >= 11 is 0. The van der Waals surface area contributed by atoms with Crippen molar-refractivity contribution in [3.05, 3.63) is 34.5 Å². The van der Waals surface area contributed by atoms with E-state index < -0.39 is 17.4 Å². The van der Waals surface area contributed by atoms with Crippen LogP contribution in [0, 0.1) is 20.8 Å². The molecular weight excluding hydrogens is 281 g/mol. The highest BCUT2D eigenvalue weighted by Crippen LogP contribution is 2.40. The number of rotatable bonds is 1. The molecule has 1 aromatic heterocycles. The van der Waals surface area contributed by atoms with Crippen LogP contribution in [0.5, 0.6) is 0 Å². The van der Waals surface area contributed by atoms with Gasteiger partial charge >= 0.3 is 6.18 Å². The highest BCUT2D eigenvalue weighted by Gasteiger charge is 2.34. The summed E-state index contributed by atoms with van der Waals surface area (Å²) < 4.78 is 38.4. The molecule has 0 aliphatic rings. The van der Waals surface area contributed by atoms with Gasteiger partial charge in [0.05, 0.1) is 28.3 Å². The quantitative estimate of drug-likeness (QED) is 0.792. The van der Waals surface area contributed by atoms with E-state index in [-0.39, 0.29) is 5.69 Å². The third kappa shape index (κ3) is 2.51. The van der Waals surface area contributed by atoms with E-state index in [4.69, 9.17) is 11.5 Å². The Hall–Kier alpha value is -2.31. The van der Waals surface area contributed by atoms with E-state index in [1.54, 1.807) is 0 Å². The zero-order valence-corrected chi connectivity index (χ0v) is 11.8. The van der Waals surface area contributed by atoms with Gasteiger partial charge in [0.15, 0.2) is 0 Å². The van der Waals surface area contributed by atoms with Gasteiger partial charge in [-0.05, 0) is 44.0 Å². The zero-order valence-electron chi connectivity index (χ0n) is 11.8. The van der Waals surface area contributed by atoms with Gasteiger partial charge in [-0.3, -0.25) is 0 Å². The molecule has 0 bridgehead atoms. The molecule has 0 amide bonds. The maximum atomic E-state index is 12.8. The summed E-state index contributed by atoms with van der Waals surface area (Å²) in [6.07, 6.45) is -4.54. The molecular formula is C14H15F3N4. The lowest BCUT2D eigenvalue weighted by molar-refractivity contribution is -0.136. The SMILES string of the molecule is Cc1nnc(-c2ccc(C(F)(F)F)c(N)c2N)c(C)c1C. The van der Waals surface area contributed by atoms with E-state index in [2.05, 4.69) is 10.2 Å². The van der Waals surface area contributed by atoms with Crippen molar-refractivity contribution in [2.24, 2.45) is 0 Å². The van der Waals surface area contributed by atoms with Crippen LogP contribution < -0.4 is 11.5 Å². The van der Waals surface area contributed by atoms with E-state index in [0.717, 1.165) is 22.9 Å². The topological polar surface area (TPSA) is 77.8 Å². The second kappa shape index (κ2) is 4.91. The molecule has 0 saturated heterocycles. The number of aryl methyl sites for hydroxylation is 1. The van der Waals surface area contributed by atoms with Gasteiger partial charge in [0.1, 0.15) is 0 Å². The summed E-state index contributed by atoms with van der Waals surface area (Å²) in [5, 5.41) is 8.03. The Morgan fingerprint density at radius 2 is 1.52 bits per heavy atom. The maximum absolute atomic E-state index is 12.8. The first-order valence-electron chi connectivity index (χ1n) is 6.20. The molecule has 1 aromatic carbocycles. The van der Waals surface area contributed by atoms with Crippen molar-refractivity contribution in [1.29, 1.82) is 0 Å². The van der Waals surface area contributed by atoms with Crippen LogP contribution in [0.15, 0.2) is 12.1 Å². The first-order chi connectivity index (χ1) is 9.64. The van der Waals surface area contributed by atoms with Crippen molar-refractivity contribution >= 4 is 11.4 Å². The molecule has 0 atom stereocenters. The molecule has 2 aromatic rings. The first kappa shape index (κ1) is 15.1. The molecule has 4 nitrogen and oxygen atoms in total. The van der Waals surface area contributed by atoms with E-state index in [0.29, 0.717) is 11.3 Å². The van der Waals surface area contributed by atoms with Crippen LogP contribution in [0.3, 0.4) is 0 Å². The third-order valence-corrected chi connectivity index (χ3v) is 3.61. The molecule has 0 radical (unpaired) electrons. The summed E-state index contributed by atoms with van der Waals surface area (Å²) in [6, 6.07) is 2.19. The van der Waals surface area contributed by atoms with Crippen LogP contribution in [-0.2, 0) is 6.18 Å². The van der Waals surface area contributed by atoms with Gasteiger partial charge in [-0.25, -0.2) is 0 Å². The first-order valence-corrected chi connectivity index (χ1v) is 6.20. The highest BCUT2D eigenvalue weighted by atomic mass is 19.4. The van der Waals surface area contributed by atoms with Crippen LogP contribution in [0.1, 0.15) is 22.4 Å². The van der Waals surface area contributed by atoms with Crippen LogP contribution in [0.4, 0.5) is 24.5 Å². The minimum absolute atomic E-state index is 0.134. The Kier molecular flexibility index (Phi) is 3.52. The molecule has 112 valence electrons. The molecule has 4 N–H and O–H groups in total. The van der Waals surface area contributed by atoms with Crippen LogP contribution in [0.25, 0.3) is 11.3 Å². The Balaban J connectivity index is 2.68. The third-order valence-electron chi connectivity index (χ3n) is 3.61. The highest BCUT2D eigenvalue weighted by molar-refractivity contribution is 5.86. The number of halogens is 3. The lowest BCUT2D eigenvalue weighted by Gasteiger charge is -2.16. The number of aromatic nitrogens is 2. The maximum Gasteiger partial charge on any atom is 0.418 e. The molecule has 0 spiro atoms. The van der Waals surface area contributed by atoms with Crippen molar-refractivity contribution in [3.8, 4) is 11.3 Å². The van der Waals surface area contributed by atoms with Gasteiger partial charge < -0.3 is 11.5 Å². The number of benzene rings is 1. The summed E-state index contributed by atoms with van der Waals surface area (Å²) in [6.45, 7) is 5.50. The number of nitrogens with zero attached hydrogens (tertiary/aromatic N) is 2. The Bertz CT molecular complexity index is 708. The molecule has 0 aliphatic carbocycles. The largest absolute Gasteiger partial charge is 0.418 e. The fourth-order valence-electron chi connectivity index (χ4n) is 2.07. The van der Waals surface area contributed by atoms with Crippen LogP contribution in [0.2, 0.25) is 0 Å². The lowest BCUT2D eigenvalue weighted by atomic mass is 9.98. The van der Waals surface area contributed by atoms with Gasteiger partial charge in [-0.2, -0.15) is 18.3 Å². The van der Waals surface area contributed by atoms with Crippen molar-refractivity contribution in [2.45, 2.75) is 26.9 Å². The molecule has 0 aliphatic heterocycles. The second-order valence-electron chi connectivity index (χ2n) is 4.87. The normalized spacial score (nSPS) is 11.7.